The molecule has 2 bridgehead atoms. The number of nitrogens with zero attached hydrogens (tertiary/aromatic N) is 5. The molecule has 0 aromatic carbocycles. The molecule has 16 heteroatoms. The van der Waals surface area contributed by atoms with Crippen molar-refractivity contribution in [3.63, 3.8) is 0 Å². The van der Waals surface area contributed by atoms with E-state index in [1.807, 2.05) is 64.2 Å². The number of Topliss-reactive ketones (excluding diaryl/α,β-unsaturated/α-hetero) is 2. The maximum atomic E-state index is 14.5. The molecule has 1 saturated carbocycles. The highest BCUT2D eigenvalue weighted by Crippen LogP contribution is 2.39. The van der Waals surface area contributed by atoms with Gasteiger partial charge in [-0.15, -0.1) is 5.10 Å². The fourth-order valence-electron chi connectivity index (χ4n) is 10.9. The van der Waals surface area contributed by atoms with E-state index in [2.05, 4.69) is 22.4 Å². The van der Waals surface area contributed by atoms with Crippen LogP contribution in [-0.2, 0) is 42.9 Å². The first-order valence-corrected chi connectivity index (χ1v) is 25.1. The molecule has 0 unspecified atom stereocenters. The third kappa shape index (κ3) is 14.1. The number of ketones is 2. The summed E-state index contributed by atoms with van der Waals surface area (Å²) in [6.07, 6.45) is 17.2. The van der Waals surface area contributed by atoms with E-state index in [9.17, 15) is 29.4 Å². The number of carbonyl (C=O) groups is 4. The Morgan fingerprint density at radius 3 is 2.31 bits per heavy atom. The van der Waals surface area contributed by atoms with Gasteiger partial charge in [-0.2, -0.15) is 0 Å². The van der Waals surface area contributed by atoms with Crippen LogP contribution in [0.4, 0.5) is 0 Å². The van der Waals surface area contributed by atoms with Crippen LogP contribution in [0.25, 0.3) is 0 Å². The third-order valence-corrected chi connectivity index (χ3v) is 15.2. The SMILES string of the molecule is CO[C@H]1C[C@@H]2CC[C@@H](C)[C@@](O)(O2)C(=O)C(=O)N2CCCC[C@H]2C(=O)O[C@H]([C@H](C)C[C@@H]2CC[C@H](n3cnnn3)[C@H](OC)C2)CC[C@H](C)/C=C(\C)[C@@H](O)[C@@H](OC)C(=O)[C@H](C)C[C@H](C)/C=C/C=C/C=C/1C. The number of cyclic esters (lactones) is 1. The lowest BCUT2D eigenvalue weighted by Crippen LogP contribution is -2.61. The van der Waals surface area contributed by atoms with E-state index in [0.29, 0.717) is 63.4 Å². The van der Waals surface area contributed by atoms with Crippen LogP contribution in [0, 0.1) is 35.5 Å². The van der Waals surface area contributed by atoms with Crippen molar-refractivity contribution in [1.29, 1.82) is 0 Å². The Bertz CT molecular complexity index is 1940. The number of hydrogen-bond acceptors (Lipinski definition) is 14. The van der Waals surface area contributed by atoms with E-state index < -0.39 is 65.9 Å². The molecular formula is C52H81N5O11. The average molecular weight is 952 g/mol. The minimum Gasteiger partial charge on any atom is -0.461 e. The van der Waals surface area contributed by atoms with Crippen LogP contribution in [0.2, 0.25) is 0 Å². The van der Waals surface area contributed by atoms with Gasteiger partial charge in [0.05, 0.1) is 24.4 Å². The molecule has 0 spiro atoms. The number of methoxy groups -OCH3 is 3. The number of amides is 1. The van der Waals surface area contributed by atoms with E-state index in [0.717, 1.165) is 31.3 Å². The summed E-state index contributed by atoms with van der Waals surface area (Å²) in [6.45, 7) is 13.6. The van der Waals surface area contributed by atoms with Crippen molar-refractivity contribution in [1.82, 2.24) is 25.1 Å². The topological polar surface area (TPSA) is 202 Å². The van der Waals surface area contributed by atoms with E-state index in [-0.39, 0.29) is 54.1 Å². The molecule has 2 N–H and O–H groups in total. The van der Waals surface area contributed by atoms with Gasteiger partial charge in [0.15, 0.2) is 5.78 Å². The van der Waals surface area contributed by atoms with Crippen molar-refractivity contribution in [2.75, 3.05) is 27.9 Å². The van der Waals surface area contributed by atoms with Crippen molar-refractivity contribution in [3.05, 3.63) is 53.9 Å². The molecule has 5 rings (SSSR count). The normalized spacial score (nSPS) is 39.1. The first-order chi connectivity index (χ1) is 32.4. The highest BCUT2D eigenvalue weighted by molar-refractivity contribution is 6.39. The number of aliphatic hydroxyl groups excluding tert-OH is 1. The molecule has 2 saturated heterocycles. The highest BCUT2D eigenvalue weighted by atomic mass is 16.6. The zero-order valence-electron chi connectivity index (χ0n) is 42.3. The number of hydrogen-bond donors (Lipinski definition) is 2. The lowest BCUT2D eigenvalue weighted by molar-refractivity contribution is -0.265. The number of rotatable bonds is 7. The summed E-state index contributed by atoms with van der Waals surface area (Å²) in [5, 5.41) is 35.3. The molecule has 4 aliphatic rings. The van der Waals surface area contributed by atoms with Crippen molar-refractivity contribution in [2.45, 2.75) is 186 Å². The molecule has 4 heterocycles. The second kappa shape index (κ2) is 25.8. The van der Waals surface area contributed by atoms with Crippen LogP contribution in [0.3, 0.4) is 0 Å². The number of carbonyl (C=O) groups excluding carboxylic acids is 4. The van der Waals surface area contributed by atoms with Gasteiger partial charge >= 0.3 is 5.97 Å². The Morgan fingerprint density at radius 2 is 1.62 bits per heavy atom. The molecule has 1 aliphatic carbocycles. The van der Waals surface area contributed by atoms with Gasteiger partial charge in [-0.05, 0) is 136 Å². The highest BCUT2D eigenvalue weighted by Gasteiger charge is 2.53. The molecule has 68 heavy (non-hydrogen) atoms. The van der Waals surface area contributed by atoms with Crippen molar-refractivity contribution >= 4 is 23.4 Å². The van der Waals surface area contributed by atoms with Gasteiger partial charge in [0.2, 0.25) is 5.79 Å². The lowest BCUT2D eigenvalue weighted by atomic mass is 9.77. The molecule has 1 aromatic rings. The summed E-state index contributed by atoms with van der Waals surface area (Å²) in [5.74, 6) is -6.05. The summed E-state index contributed by atoms with van der Waals surface area (Å²) in [6, 6.07) is -1.02. The monoisotopic (exact) mass is 952 g/mol. The number of piperidine rings is 1. The fraction of sp³-hybridized carbons (Fsp3) is 0.750. The van der Waals surface area contributed by atoms with Crippen molar-refractivity contribution < 1.29 is 53.1 Å². The van der Waals surface area contributed by atoms with Gasteiger partial charge < -0.3 is 38.8 Å². The molecule has 16 nitrogen and oxygen atoms in total. The number of allylic oxidation sites excluding steroid dienone is 6. The second-order valence-corrected chi connectivity index (χ2v) is 20.5. The zero-order chi connectivity index (χ0) is 49.7. The molecule has 3 fully saturated rings. The van der Waals surface area contributed by atoms with Gasteiger partial charge in [0.25, 0.3) is 11.7 Å². The maximum Gasteiger partial charge on any atom is 0.329 e. The Balaban J connectivity index is 1.44. The molecule has 0 radical (unpaired) electrons. The third-order valence-electron chi connectivity index (χ3n) is 15.2. The number of fused-ring (bicyclic) bond motifs is 3. The van der Waals surface area contributed by atoms with Crippen LogP contribution in [0.5, 0.6) is 0 Å². The molecule has 1 aromatic heterocycles. The number of ether oxygens (including phenoxy) is 5. The van der Waals surface area contributed by atoms with Crippen LogP contribution in [0.15, 0.2) is 53.9 Å². The quantitative estimate of drug-likeness (QED) is 0.163. The zero-order valence-corrected chi connectivity index (χ0v) is 42.3. The van der Waals surface area contributed by atoms with Crippen molar-refractivity contribution in [2.24, 2.45) is 35.5 Å². The van der Waals surface area contributed by atoms with Crippen molar-refractivity contribution in [3.8, 4) is 0 Å². The predicted molar refractivity (Wildman–Crippen MR) is 256 cm³/mol. The van der Waals surface area contributed by atoms with Crippen LogP contribution in [0.1, 0.15) is 138 Å². The lowest BCUT2D eigenvalue weighted by Gasteiger charge is -2.42. The second-order valence-electron chi connectivity index (χ2n) is 20.5. The van der Waals surface area contributed by atoms with Gasteiger partial charge in [0.1, 0.15) is 30.7 Å². The number of esters is 1. The van der Waals surface area contributed by atoms with Gasteiger partial charge in [0, 0.05) is 46.1 Å². The number of aliphatic hydroxyl groups is 2. The van der Waals surface area contributed by atoms with Gasteiger partial charge in [-0.1, -0.05) is 71.1 Å². The first-order valence-electron chi connectivity index (χ1n) is 25.1. The Labute approximate surface area is 404 Å². The van der Waals surface area contributed by atoms with Crippen LogP contribution < -0.4 is 0 Å². The van der Waals surface area contributed by atoms with E-state index in [4.69, 9.17) is 23.7 Å². The average Bonchev–Trinajstić information content (AvgIpc) is 3.87. The minimum absolute atomic E-state index is 0.00699. The Hall–Kier alpha value is -3.93. The van der Waals surface area contributed by atoms with Crippen LogP contribution >= 0.6 is 0 Å². The summed E-state index contributed by atoms with van der Waals surface area (Å²) >= 11 is 0. The summed E-state index contributed by atoms with van der Waals surface area (Å²) in [7, 11) is 4.75. The van der Waals surface area contributed by atoms with Crippen LogP contribution in [-0.4, -0.2) is 135 Å². The number of tetrazole rings is 1. The smallest absolute Gasteiger partial charge is 0.329 e. The summed E-state index contributed by atoms with van der Waals surface area (Å²) in [4.78, 5) is 58.1. The van der Waals surface area contributed by atoms with Gasteiger partial charge in [-0.3, -0.25) is 14.4 Å². The predicted octanol–water partition coefficient (Wildman–Crippen LogP) is 6.87. The summed E-state index contributed by atoms with van der Waals surface area (Å²) in [5.41, 5.74) is 1.52. The molecule has 15 atom stereocenters. The summed E-state index contributed by atoms with van der Waals surface area (Å²) < 4.78 is 31.9. The molecule has 3 aliphatic heterocycles. The fourth-order valence-corrected chi connectivity index (χ4v) is 10.9. The largest absolute Gasteiger partial charge is 0.461 e. The number of aromatic nitrogens is 4. The van der Waals surface area contributed by atoms with E-state index in [1.54, 1.807) is 39.1 Å². The molecule has 380 valence electrons. The minimum atomic E-state index is -2.38. The Morgan fingerprint density at radius 1 is 0.853 bits per heavy atom. The molecule has 1 amide bonds. The first kappa shape index (κ1) is 55.0. The molecular weight excluding hydrogens is 871 g/mol. The van der Waals surface area contributed by atoms with Gasteiger partial charge in [-0.25, -0.2) is 9.48 Å². The van der Waals surface area contributed by atoms with E-state index in [1.165, 1.54) is 12.0 Å². The maximum absolute atomic E-state index is 14.5. The standard InChI is InChI=1S/C52H81N5O11/c1-32-16-12-11-13-17-34(3)44(64-8)30-40-22-20-38(7)52(63,68-40)49(60)50(61)56-25-15-14-18-42(56)51(62)67-43(24-19-33(2)27-37(6)47(59)48(66-10)46(58)36(5)26-32)35(4)28-39-21-23-41(45(29-39)65-9)57-31-53-54-55-57/h11-13,16-17,27,31-33,35-36,38-45,47-48,59,63H,14-15,18-26,28-30H2,1-10H3/b13-11+,16-12+,34-17+,37-27+/t32-,33+,35-,36-,38-,39+,40+,41+,42+,43+,44+,45-,47-,48+,52-/m1/s1. The Kier molecular flexibility index (Phi) is 20.9. The van der Waals surface area contributed by atoms with E-state index >= 15 is 0 Å².